The fourth-order valence-corrected chi connectivity index (χ4v) is 6.67. The number of hydrogen-bond donors (Lipinski definition) is 2. The van der Waals surface area contributed by atoms with Crippen LogP contribution in [0.1, 0.15) is 113 Å². The van der Waals surface area contributed by atoms with E-state index in [4.69, 9.17) is 0 Å². The van der Waals surface area contributed by atoms with Crippen molar-refractivity contribution in [1.29, 1.82) is 0 Å². The Morgan fingerprint density at radius 3 is 1.39 bits per heavy atom. The molecular weight excluding hydrogens is 344 g/mol. The fourth-order valence-electron chi connectivity index (χ4n) is 6.67. The minimum Gasteiger partial charge on any atom is -0.393 e. The second kappa shape index (κ2) is 8.96. The normalized spacial score (nSPS) is 37.5. The van der Waals surface area contributed by atoms with Gasteiger partial charge in [-0.1, -0.05) is 68.2 Å². The van der Waals surface area contributed by atoms with E-state index in [1.54, 1.807) is 0 Å². The summed E-state index contributed by atoms with van der Waals surface area (Å²) >= 11 is 0. The third kappa shape index (κ3) is 5.34. The zero-order chi connectivity index (χ0) is 21.3. The van der Waals surface area contributed by atoms with Gasteiger partial charge >= 0.3 is 0 Å². The van der Waals surface area contributed by atoms with Gasteiger partial charge < -0.3 is 10.2 Å². The summed E-state index contributed by atoms with van der Waals surface area (Å²) in [5.41, 5.74) is 0.671. The van der Waals surface area contributed by atoms with Crippen molar-refractivity contribution >= 4 is 0 Å². The Morgan fingerprint density at radius 1 is 0.679 bits per heavy atom. The van der Waals surface area contributed by atoms with Gasteiger partial charge in [0, 0.05) is 0 Å². The lowest BCUT2D eigenvalue weighted by Crippen LogP contribution is -2.48. The second-order valence-corrected chi connectivity index (χ2v) is 12.7. The van der Waals surface area contributed by atoms with Crippen LogP contribution in [0.5, 0.6) is 0 Å². The molecule has 28 heavy (non-hydrogen) atoms. The number of hydrogen-bond acceptors (Lipinski definition) is 2. The second-order valence-electron chi connectivity index (χ2n) is 12.7. The van der Waals surface area contributed by atoms with E-state index < -0.39 is 0 Å². The number of unbranched alkanes of at least 4 members (excludes halogenated alkanes) is 1. The van der Waals surface area contributed by atoms with E-state index >= 15 is 0 Å². The van der Waals surface area contributed by atoms with Crippen LogP contribution in [0.25, 0.3) is 0 Å². The number of rotatable bonds is 5. The van der Waals surface area contributed by atoms with Crippen LogP contribution >= 0.6 is 0 Å². The van der Waals surface area contributed by atoms with Crippen LogP contribution in [0.15, 0.2) is 0 Å². The molecule has 2 saturated carbocycles. The van der Waals surface area contributed by atoms with Gasteiger partial charge in [-0.05, 0) is 84.9 Å². The maximum absolute atomic E-state index is 10.7. The monoisotopic (exact) mass is 394 g/mol. The third-order valence-electron chi connectivity index (χ3n) is 8.79. The minimum absolute atomic E-state index is 0.137. The van der Waals surface area contributed by atoms with Gasteiger partial charge in [0.05, 0.1) is 12.2 Å². The lowest BCUT2D eigenvalue weighted by Gasteiger charge is -2.54. The Bertz CT molecular complexity index is 446. The summed E-state index contributed by atoms with van der Waals surface area (Å²) in [6.07, 6.45) is 10.2. The van der Waals surface area contributed by atoms with Crippen LogP contribution in [0, 0.1) is 39.9 Å². The largest absolute Gasteiger partial charge is 0.393 e. The van der Waals surface area contributed by atoms with Crippen LogP contribution in [0.3, 0.4) is 0 Å². The summed E-state index contributed by atoms with van der Waals surface area (Å²) in [5, 5.41) is 21.4. The molecule has 2 aliphatic carbocycles. The molecule has 6 unspecified atom stereocenters. The van der Waals surface area contributed by atoms with Crippen LogP contribution in [0.4, 0.5) is 0 Å². The number of aliphatic hydroxyl groups is 2. The Labute approximate surface area is 175 Å². The molecule has 2 rings (SSSR count). The van der Waals surface area contributed by atoms with Gasteiger partial charge in [0.25, 0.3) is 0 Å². The van der Waals surface area contributed by atoms with E-state index in [2.05, 4.69) is 55.4 Å². The highest BCUT2D eigenvalue weighted by Crippen LogP contribution is 2.56. The smallest absolute Gasteiger partial charge is 0.0573 e. The van der Waals surface area contributed by atoms with Crippen molar-refractivity contribution in [2.24, 2.45) is 39.9 Å². The molecule has 0 radical (unpaired) electrons. The standard InChI is InChI=1S/C26H50O2/c1-9-10-15-26(8,18-11-13-22(27)20(16-18)24(2,3)4)19-12-14-23(28)21(17-19)25(5,6)7/h18-23,27-28H,9-17H2,1-8H3. The first-order chi connectivity index (χ1) is 12.8. The molecule has 0 saturated heterocycles. The Balaban J connectivity index is 2.28. The van der Waals surface area contributed by atoms with Gasteiger partial charge in [-0.25, -0.2) is 0 Å². The van der Waals surface area contributed by atoms with E-state index in [-0.39, 0.29) is 23.0 Å². The molecule has 2 N–H and O–H groups in total. The molecule has 6 atom stereocenters. The predicted octanol–water partition coefficient (Wildman–Crippen LogP) is 6.83. The highest BCUT2D eigenvalue weighted by molar-refractivity contribution is 4.99. The van der Waals surface area contributed by atoms with Crippen molar-refractivity contribution in [2.45, 2.75) is 125 Å². The quantitative estimate of drug-likeness (QED) is 0.536. The first-order valence-electron chi connectivity index (χ1n) is 12.2. The van der Waals surface area contributed by atoms with Crippen molar-refractivity contribution in [3.8, 4) is 0 Å². The lowest BCUT2D eigenvalue weighted by atomic mass is 9.52. The molecule has 2 nitrogen and oxygen atoms in total. The van der Waals surface area contributed by atoms with Gasteiger partial charge in [0.1, 0.15) is 0 Å². The van der Waals surface area contributed by atoms with Crippen molar-refractivity contribution in [3.05, 3.63) is 0 Å². The number of aliphatic hydroxyl groups excluding tert-OH is 2. The molecule has 0 amide bonds. The highest BCUT2D eigenvalue weighted by atomic mass is 16.3. The zero-order valence-corrected chi connectivity index (χ0v) is 20.2. The van der Waals surface area contributed by atoms with Gasteiger partial charge in [-0.3, -0.25) is 0 Å². The van der Waals surface area contributed by atoms with Crippen molar-refractivity contribution in [2.75, 3.05) is 0 Å². The summed E-state index contributed by atoms with van der Waals surface area (Å²) in [6.45, 7) is 18.7. The SMILES string of the molecule is CCCCC(C)(C1CCC(O)C(C(C)(C)C)C1)C1CCC(O)C(C(C)(C)C)C1. The molecule has 0 bridgehead atoms. The topological polar surface area (TPSA) is 40.5 Å². The molecule has 0 aliphatic heterocycles. The predicted molar refractivity (Wildman–Crippen MR) is 120 cm³/mol. The van der Waals surface area contributed by atoms with Crippen LogP contribution in [0.2, 0.25) is 0 Å². The van der Waals surface area contributed by atoms with Crippen LogP contribution < -0.4 is 0 Å². The van der Waals surface area contributed by atoms with Crippen molar-refractivity contribution in [3.63, 3.8) is 0 Å². The molecular formula is C26H50O2. The third-order valence-corrected chi connectivity index (χ3v) is 8.79. The molecule has 0 aromatic heterocycles. The molecule has 0 aromatic rings. The van der Waals surface area contributed by atoms with E-state index in [9.17, 15) is 10.2 Å². The van der Waals surface area contributed by atoms with Crippen LogP contribution in [-0.4, -0.2) is 22.4 Å². The molecule has 0 spiro atoms. The molecule has 2 aliphatic rings. The lowest BCUT2D eigenvalue weighted by molar-refractivity contribution is -0.0849. The minimum atomic E-state index is -0.137. The zero-order valence-electron chi connectivity index (χ0n) is 20.2. The van der Waals surface area contributed by atoms with E-state index in [1.165, 1.54) is 44.9 Å². The molecule has 2 heteroatoms. The van der Waals surface area contributed by atoms with Gasteiger partial charge in [-0.15, -0.1) is 0 Å². The summed E-state index contributed by atoms with van der Waals surface area (Å²) in [4.78, 5) is 0. The fraction of sp³-hybridized carbons (Fsp3) is 1.00. The average Bonchev–Trinajstić information content (AvgIpc) is 2.58. The van der Waals surface area contributed by atoms with Crippen molar-refractivity contribution in [1.82, 2.24) is 0 Å². The first-order valence-corrected chi connectivity index (χ1v) is 12.2. The summed E-state index contributed by atoms with van der Waals surface area (Å²) in [6, 6.07) is 0. The van der Waals surface area contributed by atoms with Gasteiger partial charge in [0.15, 0.2) is 0 Å². The Morgan fingerprint density at radius 2 is 1.07 bits per heavy atom. The maximum atomic E-state index is 10.7. The van der Waals surface area contributed by atoms with Gasteiger partial charge in [0.2, 0.25) is 0 Å². The summed E-state index contributed by atoms with van der Waals surface area (Å²) in [5.74, 6) is 2.21. The molecule has 2 fully saturated rings. The van der Waals surface area contributed by atoms with E-state index in [0.29, 0.717) is 29.1 Å². The molecule has 0 aromatic carbocycles. The highest BCUT2D eigenvalue weighted by Gasteiger charge is 2.49. The van der Waals surface area contributed by atoms with Crippen LogP contribution in [-0.2, 0) is 0 Å². The Hall–Kier alpha value is -0.0800. The first kappa shape index (κ1) is 24.2. The maximum Gasteiger partial charge on any atom is 0.0573 e. The molecule has 0 heterocycles. The van der Waals surface area contributed by atoms with Gasteiger partial charge in [-0.2, -0.15) is 0 Å². The Kier molecular flexibility index (Phi) is 7.74. The van der Waals surface area contributed by atoms with E-state index in [1.807, 2.05) is 0 Å². The van der Waals surface area contributed by atoms with E-state index in [0.717, 1.165) is 12.8 Å². The summed E-state index contributed by atoms with van der Waals surface area (Å²) in [7, 11) is 0. The summed E-state index contributed by atoms with van der Waals surface area (Å²) < 4.78 is 0. The average molecular weight is 395 g/mol. The molecule has 166 valence electrons. The van der Waals surface area contributed by atoms with Crippen molar-refractivity contribution < 1.29 is 10.2 Å².